The van der Waals surface area contributed by atoms with Crippen LogP contribution in [0.1, 0.15) is 60.3 Å². The molecule has 0 spiro atoms. The fourth-order valence-electron chi connectivity index (χ4n) is 4.56. The number of benzene rings is 1. The van der Waals surface area contributed by atoms with Crippen molar-refractivity contribution >= 4 is 30.5 Å². The number of hydrogen-bond acceptors (Lipinski definition) is 8. The summed E-state index contributed by atoms with van der Waals surface area (Å²) in [5, 5.41) is 10.3. The third-order valence-corrected chi connectivity index (χ3v) is 8.47. The van der Waals surface area contributed by atoms with E-state index in [1.807, 2.05) is 30.5 Å². The minimum absolute atomic E-state index is 0.258. The molecule has 0 N–H and O–H groups in total. The highest BCUT2D eigenvalue weighted by Gasteiger charge is 2.39. The van der Waals surface area contributed by atoms with Crippen molar-refractivity contribution in [3.63, 3.8) is 0 Å². The molecule has 0 radical (unpaired) electrons. The summed E-state index contributed by atoms with van der Waals surface area (Å²) < 4.78 is 33.5. The van der Waals surface area contributed by atoms with Gasteiger partial charge in [0.05, 0.1) is 34.7 Å². The number of phosphoric acid groups is 1. The predicted molar refractivity (Wildman–Crippen MR) is 172 cm³/mol. The van der Waals surface area contributed by atoms with Gasteiger partial charge in [-0.2, -0.15) is 5.26 Å². The average molecular weight is 616 g/mol. The van der Waals surface area contributed by atoms with Crippen LogP contribution in [0, 0.1) is 11.3 Å². The Labute approximate surface area is 258 Å². The lowest BCUT2D eigenvalue weighted by Crippen LogP contribution is -2.25. The number of anilines is 1. The van der Waals surface area contributed by atoms with Gasteiger partial charge in [-0.05, 0) is 84.4 Å². The van der Waals surface area contributed by atoms with Crippen LogP contribution in [0.4, 0.5) is 5.69 Å². The van der Waals surface area contributed by atoms with Crippen molar-refractivity contribution in [2.75, 3.05) is 11.9 Å². The van der Waals surface area contributed by atoms with Crippen LogP contribution in [-0.4, -0.2) is 38.7 Å². The van der Waals surface area contributed by atoms with Gasteiger partial charge in [-0.15, -0.1) is 0 Å². The zero-order valence-corrected chi connectivity index (χ0v) is 27.3. The van der Waals surface area contributed by atoms with E-state index < -0.39 is 25.3 Å². The number of hydrogen-bond donors (Lipinski definition) is 0. The first kappa shape index (κ1) is 32.8. The summed E-state index contributed by atoms with van der Waals surface area (Å²) in [7, 11) is -2.41. The fraction of sp³-hybridized carbons (Fsp3) is 0.333. The van der Waals surface area contributed by atoms with E-state index in [0.717, 1.165) is 27.6 Å². The molecule has 3 heterocycles. The molecule has 3 aromatic heterocycles. The number of nitriles is 1. The number of rotatable bonds is 9. The van der Waals surface area contributed by atoms with Crippen molar-refractivity contribution in [3.8, 4) is 28.3 Å². The zero-order valence-electron chi connectivity index (χ0n) is 26.4. The van der Waals surface area contributed by atoms with Crippen molar-refractivity contribution in [1.82, 2.24) is 14.5 Å². The SMILES string of the molecule is C=CC(=O)N(C)c1cncc(-c2cnc3c(c2)c(-c2cccc(C#N)c2)cn3C(C)OP(=O)(OC(C)(C)C)OC(C)(C)C)c1. The maximum Gasteiger partial charge on any atom is 0.477 e. The first-order valence-electron chi connectivity index (χ1n) is 14.1. The van der Waals surface area contributed by atoms with Gasteiger partial charge in [-0.1, -0.05) is 18.7 Å². The maximum absolute atomic E-state index is 13.9. The van der Waals surface area contributed by atoms with Crippen molar-refractivity contribution in [2.45, 2.75) is 65.9 Å². The largest absolute Gasteiger partial charge is 0.477 e. The second-order valence-corrected chi connectivity index (χ2v) is 13.8. The van der Waals surface area contributed by atoms with E-state index in [-0.39, 0.29) is 5.91 Å². The van der Waals surface area contributed by atoms with Crippen molar-refractivity contribution in [1.29, 1.82) is 5.26 Å². The van der Waals surface area contributed by atoms with E-state index in [1.165, 1.54) is 11.0 Å². The molecule has 0 saturated heterocycles. The summed E-state index contributed by atoms with van der Waals surface area (Å²) in [6, 6.07) is 13.3. The number of pyridine rings is 2. The minimum Gasteiger partial charge on any atom is -0.310 e. The van der Waals surface area contributed by atoms with Gasteiger partial charge in [-0.25, -0.2) is 9.55 Å². The Balaban J connectivity index is 1.86. The molecule has 1 aromatic carbocycles. The number of carbonyl (C=O) groups is 1. The Morgan fingerprint density at radius 1 is 1.05 bits per heavy atom. The van der Waals surface area contributed by atoms with Gasteiger partial charge < -0.3 is 9.47 Å². The highest BCUT2D eigenvalue weighted by Crippen LogP contribution is 2.57. The molecule has 1 amide bonds. The fourth-order valence-corrected chi connectivity index (χ4v) is 6.50. The Morgan fingerprint density at radius 2 is 1.70 bits per heavy atom. The Kier molecular flexibility index (Phi) is 9.29. The summed E-state index contributed by atoms with van der Waals surface area (Å²) in [4.78, 5) is 22.8. The molecule has 44 heavy (non-hydrogen) atoms. The normalized spacial score (nSPS) is 13.0. The third kappa shape index (κ3) is 7.68. The smallest absolute Gasteiger partial charge is 0.310 e. The third-order valence-electron chi connectivity index (χ3n) is 6.37. The Bertz CT molecular complexity index is 1770. The Morgan fingerprint density at radius 3 is 2.32 bits per heavy atom. The molecule has 10 nitrogen and oxygen atoms in total. The maximum atomic E-state index is 13.9. The number of amides is 1. The second-order valence-electron chi connectivity index (χ2n) is 12.3. The van der Waals surface area contributed by atoms with Crippen molar-refractivity contribution < 1.29 is 22.9 Å². The number of carbonyl (C=O) groups excluding carboxylic acids is 1. The van der Waals surface area contributed by atoms with Crippen LogP contribution in [0.15, 0.2) is 73.8 Å². The van der Waals surface area contributed by atoms with Gasteiger partial charge in [0.25, 0.3) is 0 Å². The standard InChI is InChI=1S/C33H38N5O5P/c1-10-30(39)37(9)27-15-25(18-35-20-27)26-16-28-29(24-13-11-12-23(14-24)17-34)21-38(31(28)36-19-26)22(2)41-44(40,42-32(3,4)5)43-33(6,7)8/h10-16,18-22H,1H2,2-9H3. The molecule has 0 aliphatic heterocycles. The van der Waals surface area contributed by atoms with E-state index in [1.54, 1.807) is 90.8 Å². The molecular weight excluding hydrogens is 577 g/mol. The van der Waals surface area contributed by atoms with Crippen LogP contribution in [-0.2, 0) is 22.9 Å². The molecule has 230 valence electrons. The van der Waals surface area contributed by atoms with Gasteiger partial charge in [0, 0.05) is 47.7 Å². The van der Waals surface area contributed by atoms with Crippen LogP contribution >= 0.6 is 7.82 Å². The van der Waals surface area contributed by atoms with Gasteiger partial charge in [-0.3, -0.25) is 23.3 Å². The van der Waals surface area contributed by atoms with Crippen LogP contribution in [0.5, 0.6) is 0 Å². The molecule has 0 saturated carbocycles. The number of fused-ring (bicyclic) bond motifs is 1. The van der Waals surface area contributed by atoms with Gasteiger partial charge in [0.1, 0.15) is 11.9 Å². The zero-order chi connectivity index (χ0) is 32.4. The molecule has 0 aliphatic carbocycles. The molecule has 1 unspecified atom stereocenters. The average Bonchev–Trinajstić information content (AvgIpc) is 3.33. The van der Waals surface area contributed by atoms with Gasteiger partial charge in [0.15, 0.2) is 0 Å². The van der Waals surface area contributed by atoms with E-state index in [4.69, 9.17) is 18.6 Å². The topological polar surface area (TPSA) is 120 Å². The summed E-state index contributed by atoms with van der Waals surface area (Å²) in [5.41, 5.74) is 3.14. The first-order chi connectivity index (χ1) is 20.5. The van der Waals surface area contributed by atoms with Crippen LogP contribution in [0.2, 0.25) is 0 Å². The lowest BCUT2D eigenvalue weighted by Gasteiger charge is -2.32. The van der Waals surface area contributed by atoms with E-state index in [0.29, 0.717) is 16.9 Å². The lowest BCUT2D eigenvalue weighted by molar-refractivity contribution is -0.113. The summed E-state index contributed by atoms with van der Waals surface area (Å²) in [6.45, 7) is 16.0. The monoisotopic (exact) mass is 615 g/mol. The van der Waals surface area contributed by atoms with Crippen LogP contribution in [0.3, 0.4) is 0 Å². The molecule has 0 fully saturated rings. The molecule has 11 heteroatoms. The minimum atomic E-state index is -4.06. The molecule has 0 aliphatic rings. The molecule has 1 atom stereocenters. The highest BCUT2D eigenvalue weighted by atomic mass is 31.2. The quantitative estimate of drug-likeness (QED) is 0.137. The van der Waals surface area contributed by atoms with Crippen molar-refractivity contribution in [3.05, 3.63) is 79.4 Å². The number of nitrogens with zero attached hydrogens (tertiary/aromatic N) is 5. The number of phosphoric ester groups is 1. The first-order valence-corrected chi connectivity index (χ1v) is 15.6. The summed E-state index contributed by atoms with van der Waals surface area (Å²) >= 11 is 0. The summed E-state index contributed by atoms with van der Waals surface area (Å²) in [6.07, 6.45) is 7.28. The molecule has 4 aromatic rings. The number of likely N-dealkylation sites (N-methyl/N-ethyl adjacent to an activating group) is 1. The second kappa shape index (κ2) is 12.5. The highest BCUT2D eigenvalue weighted by molar-refractivity contribution is 7.48. The Hall–Kier alpha value is -4.13. The lowest BCUT2D eigenvalue weighted by atomic mass is 10.0. The van der Waals surface area contributed by atoms with Gasteiger partial charge >= 0.3 is 7.82 Å². The van der Waals surface area contributed by atoms with E-state index >= 15 is 0 Å². The van der Waals surface area contributed by atoms with Crippen LogP contribution in [0.25, 0.3) is 33.3 Å². The molecule has 4 rings (SSSR count). The molecule has 0 bridgehead atoms. The van der Waals surface area contributed by atoms with E-state index in [9.17, 15) is 14.6 Å². The van der Waals surface area contributed by atoms with Crippen molar-refractivity contribution in [2.24, 2.45) is 0 Å². The van der Waals surface area contributed by atoms with E-state index in [2.05, 4.69) is 17.6 Å². The van der Waals surface area contributed by atoms with Crippen LogP contribution < -0.4 is 4.90 Å². The molecular formula is C33H38N5O5P. The van der Waals surface area contributed by atoms with Gasteiger partial charge in [0.2, 0.25) is 5.91 Å². The predicted octanol–water partition coefficient (Wildman–Crippen LogP) is 8.06. The summed E-state index contributed by atoms with van der Waals surface area (Å²) in [5.74, 6) is -0.258. The number of aromatic nitrogens is 3.